The van der Waals surface area contributed by atoms with Crippen LogP contribution in [0.4, 0.5) is 0 Å². The third-order valence-corrected chi connectivity index (χ3v) is 4.90. The van der Waals surface area contributed by atoms with Crippen LogP contribution in [0.3, 0.4) is 0 Å². The first-order chi connectivity index (χ1) is 12.1. The minimum Gasteiger partial charge on any atom is -0.444 e. The monoisotopic (exact) mass is 344 g/mol. The molecule has 0 aliphatic carbocycles. The van der Waals surface area contributed by atoms with Crippen LogP contribution in [-0.4, -0.2) is 45.0 Å². The van der Waals surface area contributed by atoms with Gasteiger partial charge in [0.15, 0.2) is 5.96 Å². The zero-order valence-corrected chi connectivity index (χ0v) is 15.6. The largest absolute Gasteiger partial charge is 0.444 e. The highest BCUT2D eigenvalue weighted by atomic mass is 16.4. The molecule has 3 heterocycles. The lowest BCUT2D eigenvalue weighted by molar-refractivity contribution is 0.189. The van der Waals surface area contributed by atoms with Crippen LogP contribution in [0.5, 0.6) is 0 Å². The fourth-order valence-corrected chi connectivity index (χ4v) is 3.27. The molecule has 2 unspecified atom stereocenters. The Morgan fingerprint density at radius 2 is 2.28 bits per heavy atom. The van der Waals surface area contributed by atoms with Gasteiger partial charge in [-0.3, -0.25) is 0 Å². The molecular weight excluding hydrogens is 316 g/mol. The maximum absolute atomic E-state index is 5.65. The SMILES string of the molecule is CCNC(=NCc1nc(C)c(C)o1)N1CCC(C)C(n2ccnc2)C1. The molecule has 0 saturated carbocycles. The Morgan fingerprint density at radius 1 is 1.44 bits per heavy atom. The van der Waals surface area contributed by atoms with Gasteiger partial charge in [0.1, 0.15) is 12.3 Å². The predicted molar refractivity (Wildman–Crippen MR) is 97.4 cm³/mol. The third-order valence-electron chi connectivity index (χ3n) is 4.90. The van der Waals surface area contributed by atoms with Crippen LogP contribution in [-0.2, 0) is 6.54 Å². The topological polar surface area (TPSA) is 71.5 Å². The standard InChI is InChI=1S/C18H28N6O/c1-5-20-18(21-10-17-22-14(3)15(4)25-17)23-8-6-13(2)16(11-23)24-9-7-19-12-24/h7,9,12-13,16H,5-6,8,10-11H2,1-4H3,(H,20,21). The number of nitrogens with one attached hydrogen (secondary N) is 1. The molecule has 7 nitrogen and oxygen atoms in total. The molecule has 0 aromatic carbocycles. The lowest BCUT2D eigenvalue weighted by Crippen LogP contribution is -2.49. The molecule has 2 aromatic heterocycles. The van der Waals surface area contributed by atoms with Gasteiger partial charge in [0.2, 0.25) is 5.89 Å². The van der Waals surface area contributed by atoms with Crippen molar-refractivity contribution in [1.82, 2.24) is 24.8 Å². The third kappa shape index (κ3) is 4.03. The van der Waals surface area contributed by atoms with Gasteiger partial charge in [0, 0.05) is 32.0 Å². The summed E-state index contributed by atoms with van der Waals surface area (Å²) >= 11 is 0. The maximum Gasteiger partial charge on any atom is 0.216 e. The van der Waals surface area contributed by atoms with Crippen molar-refractivity contribution in [2.45, 2.75) is 46.7 Å². The minimum atomic E-state index is 0.409. The average Bonchev–Trinajstić information content (AvgIpc) is 3.23. The van der Waals surface area contributed by atoms with Gasteiger partial charge in [-0.2, -0.15) is 0 Å². The van der Waals surface area contributed by atoms with Crippen LogP contribution in [0.25, 0.3) is 0 Å². The molecule has 1 saturated heterocycles. The Labute approximate surface area is 149 Å². The van der Waals surface area contributed by atoms with Crippen LogP contribution in [0.2, 0.25) is 0 Å². The fourth-order valence-electron chi connectivity index (χ4n) is 3.27. The summed E-state index contributed by atoms with van der Waals surface area (Å²) in [4.78, 5) is 15.7. The highest BCUT2D eigenvalue weighted by molar-refractivity contribution is 5.80. The molecule has 1 N–H and O–H groups in total. The van der Waals surface area contributed by atoms with E-state index in [1.54, 1.807) is 0 Å². The van der Waals surface area contributed by atoms with Crippen LogP contribution in [0.1, 0.15) is 43.7 Å². The van der Waals surface area contributed by atoms with Crippen LogP contribution in [0, 0.1) is 19.8 Å². The van der Waals surface area contributed by atoms with Crippen molar-refractivity contribution in [3.8, 4) is 0 Å². The van der Waals surface area contributed by atoms with Gasteiger partial charge < -0.3 is 19.2 Å². The zero-order valence-electron chi connectivity index (χ0n) is 15.6. The number of oxazole rings is 1. The summed E-state index contributed by atoms with van der Waals surface area (Å²) in [6.45, 7) is 11.5. The van der Waals surface area contributed by atoms with Gasteiger partial charge in [-0.15, -0.1) is 0 Å². The Balaban J connectivity index is 1.74. The number of guanidine groups is 1. The molecule has 1 fully saturated rings. The van der Waals surface area contributed by atoms with Crippen molar-refractivity contribution in [3.05, 3.63) is 36.1 Å². The smallest absolute Gasteiger partial charge is 0.216 e. The van der Waals surface area contributed by atoms with Crippen molar-refractivity contribution in [3.63, 3.8) is 0 Å². The summed E-state index contributed by atoms with van der Waals surface area (Å²) in [6, 6.07) is 0.409. The number of imidazole rings is 1. The number of aryl methyl sites for hydroxylation is 2. The average molecular weight is 344 g/mol. The van der Waals surface area contributed by atoms with E-state index in [0.717, 1.165) is 43.5 Å². The minimum absolute atomic E-state index is 0.409. The van der Waals surface area contributed by atoms with Gasteiger partial charge >= 0.3 is 0 Å². The van der Waals surface area contributed by atoms with E-state index in [1.807, 2.05) is 32.6 Å². The normalized spacial score (nSPS) is 21.6. The number of aromatic nitrogens is 3. The van der Waals surface area contributed by atoms with Gasteiger partial charge in [0.25, 0.3) is 0 Å². The number of piperidine rings is 1. The first-order valence-corrected chi connectivity index (χ1v) is 9.02. The van der Waals surface area contributed by atoms with Crippen LogP contribution < -0.4 is 5.32 Å². The number of hydrogen-bond acceptors (Lipinski definition) is 4. The van der Waals surface area contributed by atoms with Crippen molar-refractivity contribution >= 4 is 5.96 Å². The van der Waals surface area contributed by atoms with Gasteiger partial charge in [-0.05, 0) is 33.1 Å². The highest BCUT2D eigenvalue weighted by Crippen LogP contribution is 2.27. The number of aliphatic imine (C=N–C) groups is 1. The second-order valence-corrected chi connectivity index (χ2v) is 6.71. The van der Waals surface area contributed by atoms with Crippen molar-refractivity contribution < 1.29 is 4.42 Å². The molecule has 136 valence electrons. The molecule has 2 atom stereocenters. The molecule has 3 rings (SSSR count). The van der Waals surface area contributed by atoms with E-state index in [4.69, 9.17) is 9.41 Å². The van der Waals surface area contributed by atoms with E-state index in [2.05, 4.69) is 38.6 Å². The lowest BCUT2D eigenvalue weighted by atomic mass is 9.93. The van der Waals surface area contributed by atoms with E-state index in [1.165, 1.54) is 0 Å². The van der Waals surface area contributed by atoms with Crippen molar-refractivity contribution in [2.75, 3.05) is 19.6 Å². The molecule has 1 aliphatic rings. The van der Waals surface area contributed by atoms with E-state index >= 15 is 0 Å². The van der Waals surface area contributed by atoms with Crippen molar-refractivity contribution in [2.24, 2.45) is 10.9 Å². The molecule has 1 aliphatic heterocycles. The van der Waals surface area contributed by atoms with E-state index < -0.39 is 0 Å². The first-order valence-electron chi connectivity index (χ1n) is 9.02. The predicted octanol–water partition coefficient (Wildman–Crippen LogP) is 2.54. The Bertz CT molecular complexity index is 686. The fraction of sp³-hybridized carbons (Fsp3) is 0.611. The molecular formula is C18H28N6O. The maximum atomic E-state index is 5.65. The quantitative estimate of drug-likeness (QED) is 0.682. The molecule has 0 bridgehead atoms. The van der Waals surface area contributed by atoms with Gasteiger partial charge in [-0.1, -0.05) is 6.92 Å². The Kier molecular flexibility index (Phi) is 5.40. The summed E-state index contributed by atoms with van der Waals surface area (Å²) in [5, 5.41) is 3.41. The molecule has 0 radical (unpaired) electrons. The zero-order chi connectivity index (χ0) is 17.8. The molecule has 25 heavy (non-hydrogen) atoms. The van der Waals surface area contributed by atoms with Crippen LogP contribution in [0.15, 0.2) is 28.1 Å². The second kappa shape index (κ2) is 7.72. The van der Waals surface area contributed by atoms with Crippen LogP contribution >= 0.6 is 0 Å². The number of nitrogens with zero attached hydrogens (tertiary/aromatic N) is 5. The number of likely N-dealkylation sites (tertiary alicyclic amines) is 1. The molecule has 0 amide bonds. The van der Waals surface area contributed by atoms with Crippen molar-refractivity contribution in [1.29, 1.82) is 0 Å². The first kappa shape index (κ1) is 17.5. The number of hydrogen-bond donors (Lipinski definition) is 1. The summed E-state index contributed by atoms with van der Waals surface area (Å²) in [7, 11) is 0. The molecule has 0 spiro atoms. The summed E-state index contributed by atoms with van der Waals surface area (Å²) in [5.41, 5.74) is 0.933. The van der Waals surface area contributed by atoms with E-state index in [-0.39, 0.29) is 0 Å². The number of rotatable bonds is 4. The van der Waals surface area contributed by atoms with E-state index in [0.29, 0.717) is 24.4 Å². The Morgan fingerprint density at radius 3 is 2.92 bits per heavy atom. The lowest BCUT2D eigenvalue weighted by Gasteiger charge is -2.39. The van der Waals surface area contributed by atoms with Gasteiger partial charge in [0.05, 0.1) is 18.1 Å². The Hall–Kier alpha value is -2.31. The van der Waals surface area contributed by atoms with Gasteiger partial charge in [-0.25, -0.2) is 15.0 Å². The summed E-state index contributed by atoms with van der Waals surface area (Å²) < 4.78 is 7.86. The molecule has 2 aromatic rings. The second-order valence-electron chi connectivity index (χ2n) is 6.71. The highest BCUT2D eigenvalue weighted by Gasteiger charge is 2.28. The summed E-state index contributed by atoms with van der Waals surface area (Å²) in [5.74, 6) is 3.07. The summed E-state index contributed by atoms with van der Waals surface area (Å²) in [6.07, 6.45) is 6.93. The van der Waals surface area contributed by atoms with E-state index in [9.17, 15) is 0 Å². The molecule has 7 heteroatoms.